The zero-order valence-corrected chi connectivity index (χ0v) is 8.94. The van der Waals surface area contributed by atoms with Crippen LogP contribution >= 0.6 is 0 Å². The highest BCUT2D eigenvalue weighted by Crippen LogP contribution is 2.19. The van der Waals surface area contributed by atoms with E-state index < -0.39 is 17.8 Å². The van der Waals surface area contributed by atoms with Gasteiger partial charge in [-0.15, -0.1) is 0 Å². The fourth-order valence-corrected chi connectivity index (χ4v) is 1.43. The summed E-state index contributed by atoms with van der Waals surface area (Å²) in [6.45, 7) is 0.311. The molecule has 1 aromatic rings. The minimum atomic E-state index is -1.05. The van der Waals surface area contributed by atoms with Crippen LogP contribution < -0.4 is 5.73 Å². The maximum Gasteiger partial charge on any atom is 0.305 e. The number of aliphatic carboxylic acids is 1. The number of methoxy groups -OCH3 is 1. The topological polar surface area (TPSA) is 72.5 Å². The van der Waals surface area contributed by atoms with Gasteiger partial charge in [-0.05, 0) is 11.6 Å². The van der Waals surface area contributed by atoms with Crippen LogP contribution in [0.5, 0.6) is 0 Å². The second-order valence-corrected chi connectivity index (χ2v) is 3.49. The fourth-order valence-electron chi connectivity index (χ4n) is 1.43. The Morgan fingerprint density at radius 2 is 2.31 bits per heavy atom. The summed E-state index contributed by atoms with van der Waals surface area (Å²) < 4.78 is 18.4. The summed E-state index contributed by atoms with van der Waals surface area (Å²) in [5.41, 5.74) is 6.47. The maximum atomic E-state index is 13.5. The zero-order chi connectivity index (χ0) is 12.1. The molecule has 1 aromatic carbocycles. The summed E-state index contributed by atoms with van der Waals surface area (Å²) >= 11 is 0. The summed E-state index contributed by atoms with van der Waals surface area (Å²) in [7, 11) is 1.52. The maximum absolute atomic E-state index is 13.5. The van der Waals surface area contributed by atoms with Gasteiger partial charge in [-0.2, -0.15) is 0 Å². The lowest BCUT2D eigenvalue weighted by Crippen LogP contribution is -2.16. The predicted molar refractivity (Wildman–Crippen MR) is 56.3 cm³/mol. The fraction of sp³-hybridized carbons (Fsp3) is 0.364. The van der Waals surface area contributed by atoms with E-state index in [2.05, 4.69) is 0 Å². The molecule has 0 aliphatic rings. The molecular formula is C11H14FNO3. The van der Waals surface area contributed by atoms with E-state index >= 15 is 0 Å². The molecule has 0 saturated heterocycles. The van der Waals surface area contributed by atoms with E-state index in [0.29, 0.717) is 12.2 Å². The second-order valence-electron chi connectivity index (χ2n) is 3.49. The molecule has 0 amide bonds. The van der Waals surface area contributed by atoms with Crippen LogP contribution in [0.1, 0.15) is 23.6 Å². The van der Waals surface area contributed by atoms with E-state index in [1.807, 2.05) is 0 Å². The number of halogens is 1. The molecule has 0 aliphatic carbocycles. The number of ether oxygens (including phenoxy) is 1. The van der Waals surface area contributed by atoms with Gasteiger partial charge in [0.15, 0.2) is 0 Å². The van der Waals surface area contributed by atoms with Crippen molar-refractivity contribution in [3.05, 3.63) is 35.1 Å². The van der Waals surface area contributed by atoms with Gasteiger partial charge in [-0.3, -0.25) is 4.79 Å². The molecule has 3 N–H and O–H groups in total. The van der Waals surface area contributed by atoms with Crippen molar-refractivity contribution >= 4 is 5.97 Å². The molecule has 5 heteroatoms. The molecule has 0 fully saturated rings. The molecule has 0 spiro atoms. The Bertz CT molecular complexity index is 381. The number of carboxylic acid groups (broad SMARTS) is 1. The van der Waals surface area contributed by atoms with Crippen molar-refractivity contribution in [3.63, 3.8) is 0 Å². The lowest BCUT2D eigenvalue weighted by Gasteiger charge is -2.11. The molecule has 0 aromatic heterocycles. The molecule has 1 atom stereocenters. The predicted octanol–water partition coefficient (Wildman–Crippen LogP) is 1.45. The Kier molecular flexibility index (Phi) is 4.39. The van der Waals surface area contributed by atoms with Crippen LogP contribution in [-0.2, 0) is 16.1 Å². The van der Waals surface area contributed by atoms with Gasteiger partial charge in [0.1, 0.15) is 5.82 Å². The number of benzene rings is 1. The SMILES string of the molecule is COCc1ccc(C(N)CC(=O)O)c(F)c1. The molecule has 0 heterocycles. The molecule has 0 saturated carbocycles. The van der Waals surface area contributed by atoms with Crippen LogP contribution in [0.25, 0.3) is 0 Å². The molecule has 88 valence electrons. The van der Waals surface area contributed by atoms with Gasteiger partial charge in [-0.25, -0.2) is 4.39 Å². The van der Waals surface area contributed by atoms with Gasteiger partial charge in [-0.1, -0.05) is 12.1 Å². The molecule has 1 unspecified atom stereocenters. The Morgan fingerprint density at radius 1 is 1.62 bits per heavy atom. The molecule has 0 radical (unpaired) electrons. The van der Waals surface area contributed by atoms with E-state index in [-0.39, 0.29) is 12.0 Å². The lowest BCUT2D eigenvalue weighted by atomic mass is 10.0. The molecule has 16 heavy (non-hydrogen) atoms. The zero-order valence-electron chi connectivity index (χ0n) is 8.94. The Morgan fingerprint density at radius 3 is 2.81 bits per heavy atom. The van der Waals surface area contributed by atoms with Gasteiger partial charge in [0, 0.05) is 18.7 Å². The number of nitrogens with two attached hydrogens (primary N) is 1. The number of rotatable bonds is 5. The third-order valence-corrected chi connectivity index (χ3v) is 2.17. The van der Waals surface area contributed by atoms with Gasteiger partial charge in [0.25, 0.3) is 0 Å². The summed E-state index contributed by atoms with van der Waals surface area (Å²) in [4.78, 5) is 10.4. The van der Waals surface area contributed by atoms with E-state index in [4.69, 9.17) is 15.6 Å². The van der Waals surface area contributed by atoms with Gasteiger partial charge < -0.3 is 15.6 Å². The minimum absolute atomic E-state index is 0.210. The van der Waals surface area contributed by atoms with Crippen molar-refractivity contribution in [2.45, 2.75) is 19.1 Å². The summed E-state index contributed by atoms with van der Waals surface area (Å²) in [5.74, 6) is -1.55. The van der Waals surface area contributed by atoms with Gasteiger partial charge >= 0.3 is 5.97 Å². The summed E-state index contributed by atoms with van der Waals surface area (Å²) in [5, 5.41) is 8.55. The van der Waals surface area contributed by atoms with Crippen molar-refractivity contribution in [1.82, 2.24) is 0 Å². The average molecular weight is 227 g/mol. The first-order chi connectivity index (χ1) is 7.54. The first-order valence-electron chi connectivity index (χ1n) is 4.79. The van der Waals surface area contributed by atoms with Gasteiger partial charge in [0.2, 0.25) is 0 Å². The van der Waals surface area contributed by atoms with Crippen LogP contribution in [-0.4, -0.2) is 18.2 Å². The third-order valence-electron chi connectivity index (χ3n) is 2.17. The van der Waals surface area contributed by atoms with E-state index in [1.165, 1.54) is 19.2 Å². The van der Waals surface area contributed by atoms with Crippen LogP contribution in [0.3, 0.4) is 0 Å². The number of hydrogen-bond acceptors (Lipinski definition) is 3. The van der Waals surface area contributed by atoms with Crippen molar-refractivity contribution in [3.8, 4) is 0 Å². The number of hydrogen-bond donors (Lipinski definition) is 2. The number of carboxylic acids is 1. The smallest absolute Gasteiger partial charge is 0.305 e. The minimum Gasteiger partial charge on any atom is -0.481 e. The van der Waals surface area contributed by atoms with Crippen LogP contribution in [0.15, 0.2) is 18.2 Å². The van der Waals surface area contributed by atoms with Crippen molar-refractivity contribution < 1.29 is 19.0 Å². The Balaban J connectivity index is 2.85. The number of carbonyl (C=O) groups is 1. The van der Waals surface area contributed by atoms with Crippen molar-refractivity contribution in [1.29, 1.82) is 0 Å². The molecular weight excluding hydrogens is 213 g/mol. The normalized spacial score (nSPS) is 12.4. The van der Waals surface area contributed by atoms with E-state index in [0.717, 1.165) is 0 Å². The molecule has 0 bridgehead atoms. The monoisotopic (exact) mass is 227 g/mol. The first kappa shape index (κ1) is 12.6. The average Bonchev–Trinajstić information content (AvgIpc) is 2.16. The highest BCUT2D eigenvalue weighted by atomic mass is 19.1. The second kappa shape index (κ2) is 5.58. The molecule has 0 aliphatic heterocycles. The van der Waals surface area contributed by atoms with E-state index in [1.54, 1.807) is 6.07 Å². The standard InChI is InChI=1S/C11H14FNO3/c1-16-6-7-2-3-8(9(12)4-7)10(13)5-11(14)15/h2-4,10H,5-6,13H2,1H3,(H,14,15). The Hall–Kier alpha value is -1.46. The van der Waals surface area contributed by atoms with Crippen molar-refractivity contribution in [2.24, 2.45) is 5.73 Å². The van der Waals surface area contributed by atoms with E-state index in [9.17, 15) is 9.18 Å². The third kappa shape index (κ3) is 3.29. The molecule has 4 nitrogen and oxygen atoms in total. The van der Waals surface area contributed by atoms with Crippen LogP contribution in [0, 0.1) is 5.82 Å². The highest BCUT2D eigenvalue weighted by molar-refractivity contribution is 5.67. The first-order valence-corrected chi connectivity index (χ1v) is 4.79. The molecule has 1 rings (SSSR count). The highest BCUT2D eigenvalue weighted by Gasteiger charge is 2.14. The Labute approximate surface area is 92.8 Å². The van der Waals surface area contributed by atoms with Crippen molar-refractivity contribution in [2.75, 3.05) is 7.11 Å². The van der Waals surface area contributed by atoms with Crippen LogP contribution in [0.4, 0.5) is 4.39 Å². The largest absolute Gasteiger partial charge is 0.481 e. The van der Waals surface area contributed by atoms with Crippen LogP contribution in [0.2, 0.25) is 0 Å². The summed E-state index contributed by atoms with van der Waals surface area (Å²) in [6.07, 6.45) is -0.291. The van der Waals surface area contributed by atoms with Gasteiger partial charge in [0.05, 0.1) is 13.0 Å². The lowest BCUT2D eigenvalue weighted by molar-refractivity contribution is -0.137. The quantitative estimate of drug-likeness (QED) is 0.798. The summed E-state index contributed by atoms with van der Waals surface area (Å²) in [6, 6.07) is 3.65.